The second-order valence-corrected chi connectivity index (χ2v) is 9.04. The molecule has 1 atom stereocenters. The molecular weight excluding hydrogens is 308 g/mol. The third-order valence-corrected chi connectivity index (χ3v) is 6.85. The highest BCUT2D eigenvalue weighted by atomic mass is 32.2. The topological polar surface area (TPSA) is 57.7 Å². The van der Waals surface area contributed by atoms with Gasteiger partial charge in [-0.05, 0) is 17.9 Å². The predicted octanol–water partition coefficient (Wildman–Crippen LogP) is 0.827. The maximum Gasteiger partial charge on any atom is 0.226 e. The second kappa shape index (κ2) is 6.06. The van der Waals surface area contributed by atoms with Crippen molar-refractivity contribution in [2.75, 3.05) is 37.7 Å². The summed E-state index contributed by atoms with van der Waals surface area (Å²) in [7, 11) is -2.98. The first-order chi connectivity index (χ1) is 10.0. The number of hydrogen-bond donors (Lipinski definition) is 0. The molecule has 0 unspecified atom stereocenters. The first kappa shape index (κ1) is 15.0. The van der Waals surface area contributed by atoms with E-state index in [2.05, 4.69) is 22.4 Å². The van der Waals surface area contributed by atoms with Gasteiger partial charge in [0.2, 0.25) is 5.91 Å². The number of sulfone groups is 1. The van der Waals surface area contributed by atoms with E-state index in [-0.39, 0.29) is 23.3 Å². The van der Waals surface area contributed by atoms with E-state index in [1.165, 1.54) is 4.88 Å². The fourth-order valence-electron chi connectivity index (χ4n) is 3.00. The molecule has 0 aliphatic carbocycles. The summed E-state index contributed by atoms with van der Waals surface area (Å²) in [6.07, 6.45) is 0.497. The van der Waals surface area contributed by atoms with Crippen molar-refractivity contribution in [3.8, 4) is 0 Å². The van der Waals surface area contributed by atoms with Crippen LogP contribution in [0.2, 0.25) is 0 Å². The third kappa shape index (κ3) is 3.64. The monoisotopic (exact) mass is 328 g/mol. The Bertz CT molecular complexity index is 590. The zero-order valence-corrected chi connectivity index (χ0v) is 13.5. The first-order valence-corrected chi connectivity index (χ1v) is 9.97. The molecule has 1 aromatic rings. The summed E-state index contributed by atoms with van der Waals surface area (Å²) in [5.41, 5.74) is 0. The highest BCUT2D eigenvalue weighted by Crippen LogP contribution is 2.22. The van der Waals surface area contributed by atoms with E-state index in [4.69, 9.17) is 0 Å². The largest absolute Gasteiger partial charge is 0.340 e. The number of amides is 1. The Kier molecular flexibility index (Phi) is 4.33. The zero-order chi connectivity index (χ0) is 14.9. The number of carbonyl (C=O) groups is 1. The minimum atomic E-state index is -2.98. The summed E-state index contributed by atoms with van der Waals surface area (Å²) < 4.78 is 23.0. The zero-order valence-electron chi connectivity index (χ0n) is 11.9. The lowest BCUT2D eigenvalue weighted by molar-refractivity contribution is -0.136. The summed E-state index contributed by atoms with van der Waals surface area (Å²) in [5.74, 6) is -0.0612. The summed E-state index contributed by atoms with van der Waals surface area (Å²) in [5, 5.41) is 2.08. The molecule has 2 aliphatic rings. The van der Waals surface area contributed by atoms with Crippen molar-refractivity contribution in [3.05, 3.63) is 22.4 Å². The molecule has 1 amide bonds. The fourth-order valence-corrected chi connectivity index (χ4v) is 5.48. The van der Waals surface area contributed by atoms with E-state index in [0.29, 0.717) is 19.5 Å². The third-order valence-electron chi connectivity index (χ3n) is 4.23. The van der Waals surface area contributed by atoms with Crippen molar-refractivity contribution >= 4 is 27.1 Å². The molecule has 0 N–H and O–H groups in total. The van der Waals surface area contributed by atoms with Gasteiger partial charge in [-0.1, -0.05) is 6.07 Å². The van der Waals surface area contributed by atoms with Crippen molar-refractivity contribution in [3.63, 3.8) is 0 Å². The van der Waals surface area contributed by atoms with Crippen LogP contribution in [0.3, 0.4) is 0 Å². The van der Waals surface area contributed by atoms with Gasteiger partial charge in [-0.15, -0.1) is 11.3 Å². The molecule has 2 saturated heterocycles. The summed E-state index contributed by atoms with van der Waals surface area (Å²) in [4.78, 5) is 17.9. The molecule has 7 heteroatoms. The van der Waals surface area contributed by atoms with E-state index < -0.39 is 9.84 Å². The standard InChI is InChI=1S/C14H20N2O3S2/c17-14(12-3-9-21(18,19)11-12)16-6-4-15(5-7-16)10-13-2-1-8-20-13/h1-2,8,12H,3-7,9-11H2/t12-/m1/s1. The van der Waals surface area contributed by atoms with Crippen LogP contribution in [-0.2, 0) is 21.2 Å². The van der Waals surface area contributed by atoms with Gasteiger partial charge >= 0.3 is 0 Å². The van der Waals surface area contributed by atoms with Crippen molar-refractivity contribution in [2.45, 2.75) is 13.0 Å². The Morgan fingerprint density at radius 2 is 2.05 bits per heavy atom. The van der Waals surface area contributed by atoms with Crippen LogP contribution in [0.5, 0.6) is 0 Å². The van der Waals surface area contributed by atoms with Gasteiger partial charge in [-0.3, -0.25) is 9.69 Å². The van der Waals surface area contributed by atoms with E-state index >= 15 is 0 Å². The highest BCUT2D eigenvalue weighted by Gasteiger charge is 2.36. The maximum absolute atomic E-state index is 12.4. The predicted molar refractivity (Wildman–Crippen MR) is 82.9 cm³/mol. The van der Waals surface area contributed by atoms with Gasteiger partial charge < -0.3 is 4.90 Å². The molecule has 0 bridgehead atoms. The van der Waals surface area contributed by atoms with E-state index in [9.17, 15) is 13.2 Å². The van der Waals surface area contributed by atoms with Crippen LogP contribution in [0.4, 0.5) is 0 Å². The molecule has 2 aliphatic heterocycles. The van der Waals surface area contributed by atoms with Gasteiger partial charge in [0.25, 0.3) is 0 Å². The average molecular weight is 328 g/mol. The van der Waals surface area contributed by atoms with Gasteiger partial charge in [0, 0.05) is 37.6 Å². The van der Waals surface area contributed by atoms with Crippen LogP contribution in [0.1, 0.15) is 11.3 Å². The number of rotatable bonds is 3. The smallest absolute Gasteiger partial charge is 0.226 e. The molecule has 3 rings (SSSR count). The van der Waals surface area contributed by atoms with E-state index in [1.54, 1.807) is 11.3 Å². The summed E-state index contributed by atoms with van der Waals surface area (Å²) in [6.45, 7) is 4.09. The van der Waals surface area contributed by atoms with Gasteiger partial charge in [-0.25, -0.2) is 8.42 Å². The molecule has 0 aromatic carbocycles. The van der Waals surface area contributed by atoms with E-state index in [1.807, 2.05) is 4.90 Å². The molecule has 2 fully saturated rings. The Morgan fingerprint density at radius 1 is 1.29 bits per heavy atom. The maximum atomic E-state index is 12.4. The average Bonchev–Trinajstić information content (AvgIpc) is 3.08. The quantitative estimate of drug-likeness (QED) is 0.825. The SMILES string of the molecule is O=C([C@@H]1CCS(=O)(=O)C1)N1CCN(Cc2cccs2)CC1. The highest BCUT2D eigenvalue weighted by molar-refractivity contribution is 7.91. The second-order valence-electron chi connectivity index (χ2n) is 5.78. The molecule has 1 aromatic heterocycles. The van der Waals surface area contributed by atoms with Gasteiger partial charge in [-0.2, -0.15) is 0 Å². The normalized spacial score (nSPS) is 26.1. The van der Waals surface area contributed by atoms with Crippen LogP contribution < -0.4 is 0 Å². The molecule has 0 spiro atoms. The molecule has 116 valence electrons. The lowest BCUT2D eigenvalue weighted by Crippen LogP contribution is -2.50. The summed E-state index contributed by atoms with van der Waals surface area (Å²) >= 11 is 1.75. The Labute approximate surface area is 129 Å². The van der Waals surface area contributed by atoms with Crippen molar-refractivity contribution in [1.82, 2.24) is 9.80 Å². The lowest BCUT2D eigenvalue weighted by Gasteiger charge is -2.35. The number of carbonyl (C=O) groups excluding carboxylic acids is 1. The molecule has 0 saturated carbocycles. The van der Waals surface area contributed by atoms with Crippen LogP contribution >= 0.6 is 11.3 Å². The van der Waals surface area contributed by atoms with Crippen LogP contribution in [0.25, 0.3) is 0 Å². The Morgan fingerprint density at radius 3 is 2.62 bits per heavy atom. The Hall–Kier alpha value is -0.920. The molecule has 21 heavy (non-hydrogen) atoms. The number of thiophene rings is 1. The lowest BCUT2D eigenvalue weighted by atomic mass is 10.1. The van der Waals surface area contributed by atoms with Crippen molar-refractivity contribution in [1.29, 1.82) is 0 Å². The molecule has 3 heterocycles. The van der Waals surface area contributed by atoms with Crippen LogP contribution in [0, 0.1) is 5.92 Å². The molecule has 0 radical (unpaired) electrons. The Balaban J connectivity index is 1.50. The van der Waals surface area contributed by atoms with Crippen LogP contribution in [0.15, 0.2) is 17.5 Å². The van der Waals surface area contributed by atoms with Crippen LogP contribution in [-0.4, -0.2) is 61.8 Å². The first-order valence-electron chi connectivity index (χ1n) is 7.27. The number of nitrogens with zero attached hydrogens (tertiary/aromatic N) is 2. The number of hydrogen-bond acceptors (Lipinski definition) is 5. The van der Waals surface area contributed by atoms with Crippen molar-refractivity contribution < 1.29 is 13.2 Å². The molecule has 5 nitrogen and oxygen atoms in total. The summed E-state index contributed by atoms with van der Waals surface area (Å²) in [6, 6.07) is 4.19. The van der Waals surface area contributed by atoms with Gasteiger partial charge in [0.1, 0.15) is 0 Å². The minimum Gasteiger partial charge on any atom is -0.340 e. The molecular formula is C14H20N2O3S2. The van der Waals surface area contributed by atoms with Crippen molar-refractivity contribution in [2.24, 2.45) is 5.92 Å². The minimum absolute atomic E-state index is 0.0341. The van der Waals surface area contributed by atoms with Gasteiger partial charge in [0.05, 0.1) is 17.4 Å². The van der Waals surface area contributed by atoms with E-state index in [0.717, 1.165) is 19.6 Å². The fraction of sp³-hybridized carbons (Fsp3) is 0.643. The number of piperazine rings is 1. The van der Waals surface area contributed by atoms with Gasteiger partial charge in [0.15, 0.2) is 9.84 Å².